The molecule has 5 nitrogen and oxygen atoms in total. The molecule has 0 aliphatic carbocycles. The fraction of sp³-hybridized carbons (Fsp3) is 0.692. The van der Waals surface area contributed by atoms with Crippen molar-refractivity contribution >= 4 is 12.1 Å². The van der Waals surface area contributed by atoms with E-state index in [2.05, 4.69) is 6.58 Å². The van der Waals surface area contributed by atoms with E-state index in [0.717, 1.165) is 12.8 Å². The lowest BCUT2D eigenvalue weighted by Gasteiger charge is -2.19. The van der Waals surface area contributed by atoms with Crippen LogP contribution in [0.3, 0.4) is 0 Å². The molecule has 0 bridgehead atoms. The number of carbonyl (C=O) groups excluding carboxylic acids is 2. The normalized spacial score (nSPS) is 19.8. The van der Waals surface area contributed by atoms with Crippen LogP contribution in [0.25, 0.3) is 0 Å². The summed E-state index contributed by atoms with van der Waals surface area (Å²) in [7, 11) is 0. The van der Waals surface area contributed by atoms with Crippen molar-refractivity contribution in [3.63, 3.8) is 0 Å². The number of carbonyl (C=O) groups is 2. The van der Waals surface area contributed by atoms with Gasteiger partial charge in [0.1, 0.15) is 6.61 Å². The van der Waals surface area contributed by atoms with E-state index in [1.54, 1.807) is 11.8 Å². The lowest BCUT2D eigenvalue weighted by molar-refractivity contribution is -0.148. The number of hydrogen-bond donors (Lipinski definition) is 0. The van der Waals surface area contributed by atoms with E-state index in [4.69, 9.17) is 9.47 Å². The Labute approximate surface area is 108 Å². The minimum Gasteiger partial charge on any atom is -0.466 e. The second-order valence-corrected chi connectivity index (χ2v) is 4.23. The zero-order valence-electron chi connectivity index (χ0n) is 10.9. The molecule has 1 saturated heterocycles. The zero-order chi connectivity index (χ0) is 13.4. The minimum absolute atomic E-state index is 0.0952. The van der Waals surface area contributed by atoms with Gasteiger partial charge in [0.05, 0.1) is 12.5 Å². The molecule has 5 heteroatoms. The molecule has 0 N–H and O–H groups in total. The highest BCUT2D eigenvalue weighted by Crippen LogP contribution is 2.19. The summed E-state index contributed by atoms with van der Waals surface area (Å²) in [6, 6.07) is 0. The van der Waals surface area contributed by atoms with Crippen LogP contribution in [0, 0.1) is 5.92 Å². The largest absolute Gasteiger partial charge is 0.466 e. The van der Waals surface area contributed by atoms with E-state index in [1.165, 1.54) is 6.08 Å². The number of likely N-dealkylation sites (tertiary alicyclic amines) is 1. The average Bonchev–Trinajstić information content (AvgIpc) is 2.62. The maximum Gasteiger partial charge on any atom is 0.410 e. The van der Waals surface area contributed by atoms with Crippen LogP contribution in [0.1, 0.15) is 26.2 Å². The van der Waals surface area contributed by atoms with Crippen LogP contribution in [0.2, 0.25) is 0 Å². The lowest BCUT2D eigenvalue weighted by atomic mass is 10.0. The molecule has 1 aliphatic heterocycles. The molecule has 1 amide bonds. The van der Waals surface area contributed by atoms with E-state index in [-0.39, 0.29) is 24.6 Å². The van der Waals surface area contributed by atoms with E-state index < -0.39 is 0 Å². The maximum absolute atomic E-state index is 11.7. The molecule has 1 aliphatic rings. The van der Waals surface area contributed by atoms with Crippen LogP contribution >= 0.6 is 0 Å². The summed E-state index contributed by atoms with van der Waals surface area (Å²) in [4.78, 5) is 24.9. The average molecular weight is 255 g/mol. The molecule has 1 atom stereocenters. The van der Waals surface area contributed by atoms with Crippen LogP contribution in [0.4, 0.5) is 4.79 Å². The van der Waals surface area contributed by atoms with Gasteiger partial charge in [0.2, 0.25) is 0 Å². The Morgan fingerprint density at radius 1 is 1.33 bits per heavy atom. The van der Waals surface area contributed by atoms with E-state index in [0.29, 0.717) is 26.1 Å². The van der Waals surface area contributed by atoms with Gasteiger partial charge in [-0.15, -0.1) is 0 Å². The van der Waals surface area contributed by atoms with Crippen LogP contribution < -0.4 is 0 Å². The Morgan fingerprint density at radius 3 is 2.78 bits per heavy atom. The van der Waals surface area contributed by atoms with Crippen molar-refractivity contribution in [3.8, 4) is 0 Å². The summed E-state index contributed by atoms with van der Waals surface area (Å²) >= 11 is 0. The molecule has 0 spiro atoms. The number of ether oxygens (including phenoxy) is 2. The van der Waals surface area contributed by atoms with Crippen molar-refractivity contribution in [2.24, 2.45) is 5.92 Å². The Kier molecular flexibility index (Phi) is 6.25. The van der Waals surface area contributed by atoms with E-state index in [9.17, 15) is 9.59 Å². The van der Waals surface area contributed by atoms with Crippen LogP contribution in [-0.4, -0.2) is 43.3 Å². The fourth-order valence-electron chi connectivity index (χ4n) is 2.00. The van der Waals surface area contributed by atoms with Gasteiger partial charge in [-0.3, -0.25) is 4.79 Å². The molecule has 0 aromatic carbocycles. The number of nitrogens with zero attached hydrogens (tertiary/aromatic N) is 1. The van der Waals surface area contributed by atoms with Gasteiger partial charge in [-0.2, -0.15) is 0 Å². The van der Waals surface area contributed by atoms with E-state index in [1.807, 2.05) is 0 Å². The van der Waals surface area contributed by atoms with Gasteiger partial charge >= 0.3 is 12.1 Å². The van der Waals surface area contributed by atoms with Gasteiger partial charge in [-0.1, -0.05) is 12.7 Å². The number of rotatable bonds is 4. The van der Waals surface area contributed by atoms with Crippen molar-refractivity contribution in [2.75, 3.05) is 26.3 Å². The maximum atomic E-state index is 11.7. The number of amides is 1. The predicted molar refractivity (Wildman–Crippen MR) is 67.1 cm³/mol. The molecular weight excluding hydrogens is 234 g/mol. The quantitative estimate of drug-likeness (QED) is 0.569. The topological polar surface area (TPSA) is 55.8 Å². The van der Waals surface area contributed by atoms with E-state index >= 15 is 0 Å². The minimum atomic E-state index is -0.334. The molecule has 1 rings (SSSR count). The first kappa shape index (κ1) is 14.5. The first-order valence-electron chi connectivity index (χ1n) is 6.38. The van der Waals surface area contributed by atoms with Crippen LogP contribution in [0.5, 0.6) is 0 Å². The molecule has 1 fully saturated rings. The van der Waals surface area contributed by atoms with Gasteiger partial charge in [-0.25, -0.2) is 4.79 Å². The first-order valence-corrected chi connectivity index (χ1v) is 6.38. The molecule has 1 heterocycles. The van der Waals surface area contributed by atoms with Gasteiger partial charge in [0.15, 0.2) is 0 Å². The van der Waals surface area contributed by atoms with Gasteiger partial charge in [-0.05, 0) is 26.2 Å². The van der Waals surface area contributed by atoms with Crippen molar-refractivity contribution in [1.29, 1.82) is 0 Å². The third-order valence-electron chi connectivity index (χ3n) is 2.93. The highest BCUT2D eigenvalue weighted by molar-refractivity contribution is 5.73. The second kappa shape index (κ2) is 7.74. The molecule has 1 unspecified atom stereocenters. The summed E-state index contributed by atoms with van der Waals surface area (Å²) < 4.78 is 9.99. The summed E-state index contributed by atoms with van der Waals surface area (Å²) in [5.74, 6) is -0.249. The fourth-order valence-corrected chi connectivity index (χ4v) is 2.00. The van der Waals surface area contributed by atoms with Crippen molar-refractivity contribution < 1.29 is 19.1 Å². The Balaban J connectivity index is 2.42. The number of esters is 1. The summed E-state index contributed by atoms with van der Waals surface area (Å²) in [6.07, 6.45) is 3.41. The SMILES string of the molecule is C=CCOC(=O)N1CCCC(C(=O)OCC)CC1. The highest BCUT2D eigenvalue weighted by Gasteiger charge is 2.26. The van der Waals surface area contributed by atoms with Crippen molar-refractivity contribution in [3.05, 3.63) is 12.7 Å². The molecule has 102 valence electrons. The van der Waals surface area contributed by atoms with Crippen molar-refractivity contribution in [1.82, 2.24) is 4.90 Å². The standard InChI is InChI=1S/C13H21NO4/c1-3-10-18-13(16)14-8-5-6-11(7-9-14)12(15)17-4-2/h3,11H,1,4-10H2,2H3. The Bertz CT molecular complexity index is 303. The highest BCUT2D eigenvalue weighted by atomic mass is 16.6. The molecule has 0 aromatic heterocycles. The molecule has 0 saturated carbocycles. The second-order valence-electron chi connectivity index (χ2n) is 4.23. The van der Waals surface area contributed by atoms with Gasteiger partial charge in [0.25, 0.3) is 0 Å². The number of hydrogen-bond acceptors (Lipinski definition) is 4. The van der Waals surface area contributed by atoms with Gasteiger partial charge in [0, 0.05) is 13.1 Å². The third-order valence-corrected chi connectivity index (χ3v) is 2.93. The molecule has 0 aromatic rings. The summed E-state index contributed by atoms with van der Waals surface area (Å²) in [5.41, 5.74) is 0. The molecule has 18 heavy (non-hydrogen) atoms. The summed E-state index contributed by atoms with van der Waals surface area (Å²) in [6.45, 7) is 7.09. The van der Waals surface area contributed by atoms with Crippen LogP contribution in [-0.2, 0) is 14.3 Å². The first-order chi connectivity index (χ1) is 8.69. The van der Waals surface area contributed by atoms with Crippen LogP contribution in [0.15, 0.2) is 12.7 Å². The molecular formula is C13H21NO4. The van der Waals surface area contributed by atoms with Crippen molar-refractivity contribution in [2.45, 2.75) is 26.2 Å². The Hall–Kier alpha value is -1.52. The van der Waals surface area contributed by atoms with Gasteiger partial charge < -0.3 is 14.4 Å². The smallest absolute Gasteiger partial charge is 0.410 e. The monoisotopic (exact) mass is 255 g/mol. The summed E-state index contributed by atoms with van der Waals surface area (Å²) in [5, 5.41) is 0. The third kappa shape index (κ3) is 4.39. The molecule has 0 radical (unpaired) electrons. The zero-order valence-corrected chi connectivity index (χ0v) is 10.9. The lowest BCUT2D eigenvalue weighted by Crippen LogP contribution is -2.33. The Morgan fingerprint density at radius 2 is 2.11 bits per heavy atom. The predicted octanol–water partition coefficient (Wildman–Crippen LogP) is 1.97.